The van der Waals surface area contributed by atoms with E-state index in [1.165, 1.54) is 17.7 Å². The summed E-state index contributed by atoms with van der Waals surface area (Å²) in [6.45, 7) is 0. The number of rotatable bonds is 2. The molecule has 0 unspecified atom stereocenters. The van der Waals surface area contributed by atoms with Crippen molar-refractivity contribution in [3.63, 3.8) is 0 Å². The molecular formula is C15H15FO. The van der Waals surface area contributed by atoms with Crippen LogP contribution in [0.15, 0.2) is 42.5 Å². The highest BCUT2D eigenvalue weighted by Crippen LogP contribution is 2.42. The van der Waals surface area contributed by atoms with Crippen LogP contribution in [0.25, 0.3) is 5.57 Å². The molecule has 2 aliphatic rings. The number of methoxy groups -OCH3 is 1. The van der Waals surface area contributed by atoms with Gasteiger partial charge in [0.1, 0.15) is 5.82 Å². The average molecular weight is 230 g/mol. The van der Waals surface area contributed by atoms with Gasteiger partial charge in [0.25, 0.3) is 0 Å². The van der Waals surface area contributed by atoms with Gasteiger partial charge in [-0.25, -0.2) is 4.39 Å². The van der Waals surface area contributed by atoms with E-state index in [9.17, 15) is 4.39 Å². The van der Waals surface area contributed by atoms with Crippen molar-refractivity contribution in [3.8, 4) is 0 Å². The van der Waals surface area contributed by atoms with E-state index in [0.717, 1.165) is 12.0 Å². The maximum Gasteiger partial charge on any atom is 0.123 e. The van der Waals surface area contributed by atoms with E-state index < -0.39 is 0 Å². The van der Waals surface area contributed by atoms with E-state index >= 15 is 0 Å². The number of halogens is 1. The molecule has 0 N–H and O–H groups in total. The molecule has 1 aromatic carbocycles. The van der Waals surface area contributed by atoms with Gasteiger partial charge >= 0.3 is 0 Å². The van der Waals surface area contributed by atoms with Crippen LogP contribution in [0, 0.1) is 17.7 Å². The maximum atomic E-state index is 12.9. The summed E-state index contributed by atoms with van der Waals surface area (Å²) in [5.41, 5.74) is 2.37. The standard InChI is InChI=1S/C15H15FO/c1-17-15-9-14(11-2-3-12(15)8-11)10-4-6-13(16)7-5-10/h2-7,9,11-12,15H,8H2,1H3/t11-,12+,15-/m1/s1. The minimum atomic E-state index is -0.187. The second-order valence-electron chi connectivity index (χ2n) is 4.72. The van der Waals surface area contributed by atoms with E-state index in [4.69, 9.17) is 4.74 Å². The summed E-state index contributed by atoms with van der Waals surface area (Å²) in [6, 6.07) is 6.73. The van der Waals surface area contributed by atoms with Crippen LogP contribution in [0.1, 0.15) is 12.0 Å². The molecule has 3 atom stereocenters. The molecule has 2 aliphatic carbocycles. The predicted molar refractivity (Wildman–Crippen MR) is 65.9 cm³/mol. The zero-order chi connectivity index (χ0) is 11.8. The monoisotopic (exact) mass is 230 g/mol. The first-order chi connectivity index (χ1) is 8.28. The van der Waals surface area contributed by atoms with Gasteiger partial charge in [0.05, 0.1) is 6.10 Å². The lowest BCUT2D eigenvalue weighted by Crippen LogP contribution is -2.23. The molecule has 0 aromatic heterocycles. The number of allylic oxidation sites excluding steroid dienone is 2. The smallest absolute Gasteiger partial charge is 0.123 e. The molecule has 1 aromatic rings. The lowest BCUT2D eigenvalue weighted by atomic mass is 9.82. The van der Waals surface area contributed by atoms with Crippen molar-refractivity contribution in [2.75, 3.05) is 7.11 Å². The number of hydrogen-bond acceptors (Lipinski definition) is 1. The van der Waals surface area contributed by atoms with Crippen LogP contribution in [-0.4, -0.2) is 13.2 Å². The van der Waals surface area contributed by atoms with Gasteiger partial charge < -0.3 is 4.74 Å². The molecular weight excluding hydrogens is 215 g/mol. The van der Waals surface area contributed by atoms with Crippen molar-refractivity contribution in [1.82, 2.24) is 0 Å². The first-order valence-corrected chi connectivity index (χ1v) is 5.96. The molecule has 0 fully saturated rings. The van der Waals surface area contributed by atoms with Gasteiger partial charge in [-0.2, -0.15) is 0 Å². The fraction of sp³-hybridized carbons (Fsp3) is 0.333. The fourth-order valence-electron chi connectivity index (χ4n) is 2.82. The number of benzene rings is 1. The summed E-state index contributed by atoms with van der Waals surface area (Å²) in [7, 11) is 1.75. The summed E-state index contributed by atoms with van der Waals surface area (Å²) in [5, 5.41) is 0. The van der Waals surface area contributed by atoms with E-state index in [0.29, 0.717) is 11.8 Å². The van der Waals surface area contributed by atoms with Crippen LogP contribution in [0.5, 0.6) is 0 Å². The second-order valence-corrected chi connectivity index (χ2v) is 4.72. The van der Waals surface area contributed by atoms with Crippen molar-refractivity contribution in [2.45, 2.75) is 12.5 Å². The molecule has 3 rings (SSSR count). The number of hydrogen-bond donors (Lipinski definition) is 0. The third-order valence-electron chi connectivity index (χ3n) is 3.73. The molecule has 2 heteroatoms. The molecule has 0 saturated carbocycles. The molecule has 0 spiro atoms. The van der Waals surface area contributed by atoms with Gasteiger partial charge in [0.2, 0.25) is 0 Å². The van der Waals surface area contributed by atoms with Crippen molar-refractivity contribution >= 4 is 5.57 Å². The summed E-state index contributed by atoms with van der Waals surface area (Å²) >= 11 is 0. The Bertz CT molecular complexity index is 472. The molecule has 1 nitrogen and oxygen atoms in total. The SMILES string of the molecule is CO[C@@H]1C=C(c2ccc(F)cc2)[C@@H]2C=C[C@H]1C2. The summed E-state index contributed by atoms with van der Waals surface area (Å²) in [5.74, 6) is 0.791. The van der Waals surface area contributed by atoms with Crippen molar-refractivity contribution in [3.05, 3.63) is 53.9 Å². The van der Waals surface area contributed by atoms with Gasteiger partial charge in [0.15, 0.2) is 0 Å². The fourth-order valence-corrected chi connectivity index (χ4v) is 2.82. The average Bonchev–Trinajstić information content (AvgIpc) is 2.76. The zero-order valence-corrected chi connectivity index (χ0v) is 9.77. The molecule has 0 aliphatic heterocycles. The molecule has 0 radical (unpaired) electrons. The van der Waals surface area contributed by atoms with E-state index in [1.807, 2.05) is 12.1 Å². The molecule has 0 saturated heterocycles. The second kappa shape index (κ2) is 4.11. The topological polar surface area (TPSA) is 9.23 Å². The number of ether oxygens (including phenoxy) is 1. The van der Waals surface area contributed by atoms with Gasteiger partial charge in [-0.05, 0) is 29.7 Å². The Balaban J connectivity index is 1.99. The Morgan fingerprint density at radius 1 is 1.18 bits per heavy atom. The van der Waals surface area contributed by atoms with Crippen LogP contribution < -0.4 is 0 Å². The van der Waals surface area contributed by atoms with Crippen LogP contribution in [-0.2, 0) is 4.74 Å². The Morgan fingerprint density at radius 3 is 2.65 bits per heavy atom. The van der Waals surface area contributed by atoms with Crippen LogP contribution >= 0.6 is 0 Å². The van der Waals surface area contributed by atoms with Gasteiger partial charge in [0, 0.05) is 18.9 Å². The Kier molecular flexibility index (Phi) is 2.60. The first-order valence-electron chi connectivity index (χ1n) is 5.96. The van der Waals surface area contributed by atoms with E-state index in [-0.39, 0.29) is 11.9 Å². The number of fused-ring (bicyclic) bond motifs is 2. The van der Waals surface area contributed by atoms with Gasteiger partial charge in [-0.15, -0.1) is 0 Å². The van der Waals surface area contributed by atoms with Crippen molar-refractivity contribution in [1.29, 1.82) is 0 Å². The third kappa shape index (κ3) is 1.83. The molecule has 88 valence electrons. The highest BCUT2D eigenvalue weighted by atomic mass is 19.1. The zero-order valence-electron chi connectivity index (χ0n) is 9.77. The van der Waals surface area contributed by atoms with Crippen LogP contribution in [0.2, 0.25) is 0 Å². The molecule has 17 heavy (non-hydrogen) atoms. The normalized spacial score (nSPS) is 30.5. The summed E-state index contributed by atoms with van der Waals surface area (Å²) in [6.07, 6.45) is 7.95. The van der Waals surface area contributed by atoms with E-state index in [2.05, 4.69) is 18.2 Å². The van der Waals surface area contributed by atoms with Crippen LogP contribution in [0.3, 0.4) is 0 Å². The third-order valence-corrected chi connectivity index (χ3v) is 3.73. The summed E-state index contributed by atoms with van der Waals surface area (Å²) in [4.78, 5) is 0. The van der Waals surface area contributed by atoms with Crippen LogP contribution in [0.4, 0.5) is 4.39 Å². The Labute approximate surface area is 101 Å². The minimum absolute atomic E-state index is 0.157. The van der Waals surface area contributed by atoms with Crippen molar-refractivity contribution in [2.24, 2.45) is 11.8 Å². The summed E-state index contributed by atoms with van der Waals surface area (Å²) < 4.78 is 18.4. The maximum absolute atomic E-state index is 12.9. The lowest BCUT2D eigenvalue weighted by molar-refractivity contribution is 0.101. The Hall–Kier alpha value is -1.41. The van der Waals surface area contributed by atoms with E-state index in [1.54, 1.807) is 7.11 Å². The minimum Gasteiger partial charge on any atom is -0.377 e. The molecule has 0 amide bonds. The first kappa shape index (κ1) is 10.7. The highest BCUT2D eigenvalue weighted by molar-refractivity contribution is 5.71. The quantitative estimate of drug-likeness (QED) is 0.707. The van der Waals surface area contributed by atoms with Crippen molar-refractivity contribution < 1.29 is 9.13 Å². The molecule has 2 bridgehead atoms. The Morgan fingerprint density at radius 2 is 1.94 bits per heavy atom. The highest BCUT2D eigenvalue weighted by Gasteiger charge is 2.33. The predicted octanol–water partition coefficient (Wildman–Crippen LogP) is 3.43. The van der Waals surface area contributed by atoms with Gasteiger partial charge in [-0.1, -0.05) is 30.4 Å². The molecule has 0 heterocycles. The largest absolute Gasteiger partial charge is 0.377 e. The lowest BCUT2D eigenvalue weighted by Gasteiger charge is -2.27. The van der Waals surface area contributed by atoms with Gasteiger partial charge in [-0.3, -0.25) is 0 Å².